The Morgan fingerprint density at radius 1 is 0.947 bits per heavy atom. The molecule has 19 heavy (non-hydrogen) atoms. The minimum atomic E-state index is 1.08. The third-order valence-corrected chi connectivity index (χ3v) is 4.90. The van der Waals surface area contributed by atoms with Crippen LogP contribution >= 0.6 is 23.1 Å². The fraction of sp³-hybridized carbons (Fsp3) is 0.0625. The van der Waals surface area contributed by atoms with Gasteiger partial charge in [-0.3, -0.25) is 0 Å². The molecular weight excluding hydrogens is 270 g/mol. The van der Waals surface area contributed by atoms with Crippen LogP contribution in [-0.2, 0) is 0 Å². The quantitative estimate of drug-likeness (QED) is 0.649. The molecule has 1 heterocycles. The van der Waals surface area contributed by atoms with Gasteiger partial charge in [-0.05, 0) is 24.6 Å². The Morgan fingerprint density at radius 3 is 2.42 bits per heavy atom. The van der Waals surface area contributed by atoms with Gasteiger partial charge in [0.2, 0.25) is 0 Å². The molecule has 0 radical (unpaired) electrons. The van der Waals surface area contributed by atoms with E-state index in [2.05, 4.69) is 60.4 Å². The molecule has 0 saturated heterocycles. The Balaban J connectivity index is 1.82. The standard InChI is InChI=1S/C16H13NS2/c1-12-7-9-13(10-8-12)15-11-17-16(19-15)18-14-5-3-2-4-6-14/h2-11H,1H3. The summed E-state index contributed by atoms with van der Waals surface area (Å²) >= 11 is 3.45. The van der Waals surface area contributed by atoms with Gasteiger partial charge in [0.1, 0.15) is 0 Å². The second-order valence-electron chi connectivity index (χ2n) is 4.27. The van der Waals surface area contributed by atoms with E-state index >= 15 is 0 Å². The summed E-state index contributed by atoms with van der Waals surface area (Å²) in [4.78, 5) is 6.94. The first-order valence-electron chi connectivity index (χ1n) is 6.07. The predicted molar refractivity (Wildman–Crippen MR) is 82.9 cm³/mol. The highest BCUT2D eigenvalue weighted by Crippen LogP contribution is 2.35. The number of hydrogen-bond acceptors (Lipinski definition) is 3. The summed E-state index contributed by atoms with van der Waals surface area (Å²) in [5.74, 6) is 0. The molecule has 1 nitrogen and oxygen atoms in total. The average Bonchev–Trinajstić information content (AvgIpc) is 2.89. The Hall–Kier alpha value is -1.58. The first-order chi connectivity index (χ1) is 9.31. The molecule has 0 bridgehead atoms. The second kappa shape index (κ2) is 5.59. The van der Waals surface area contributed by atoms with Gasteiger partial charge in [0, 0.05) is 11.1 Å². The zero-order valence-corrected chi connectivity index (χ0v) is 12.2. The normalized spacial score (nSPS) is 10.6. The van der Waals surface area contributed by atoms with Crippen LogP contribution in [0.2, 0.25) is 0 Å². The van der Waals surface area contributed by atoms with E-state index in [9.17, 15) is 0 Å². The zero-order chi connectivity index (χ0) is 13.1. The number of hydrogen-bond donors (Lipinski definition) is 0. The first kappa shape index (κ1) is 12.5. The van der Waals surface area contributed by atoms with E-state index in [0.717, 1.165) is 4.34 Å². The van der Waals surface area contributed by atoms with Crippen molar-refractivity contribution in [1.29, 1.82) is 0 Å². The summed E-state index contributed by atoms with van der Waals surface area (Å²) < 4.78 is 1.08. The summed E-state index contributed by atoms with van der Waals surface area (Å²) in [7, 11) is 0. The van der Waals surface area contributed by atoms with Crippen LogP contribution in [0, 0.1) is 6.92 Å². The van der Waals surface area contributed by atoms with E-state index in [0.29, 0.717) is 0 Å². The number of rotatable bonds is 3. The summed E-state index contributed by atoms with van der Waals surface area (Å²) in [5.41, 5.74) is 2.52. The van der Waals surface area contributed by atoms with E-state index in [-0.39, 0.29) is 0 Å². The zero-order valence-electron chi connectivity index (χ0n) is 10.5. The van der Waals surface area contributed by atoms with Gasteiger partial charge >= 0.3 is 0 Å². The van der Waals surface area contributed by atoms with Crippen molar-refractivity contribution >= 4 is 23.1 Å². The Bertz CT molecular complexity index is 657. The molecule has 94 valence electrons. The van der Waals surface area contributed by atoms with Crippen LogP contribution in [0.1, 0.15) is 5.56 Å². The first-order valence-corrected chi connectivity index (χ1v) is 7.70. The van der Waals surface area contributed by atoms with Gasteiger partial charge in [-0.1, -0.05) is 59.8 Å². The van der Waals surface area contributed by atoms with Gasteiger partial charge < -0.3 is 0 Å². The molecule has 0 aliphatic carbocycles. The van der Waals surface area contributed by atoms with Crippen molar-refractivity contribution in [3.8, 4) is 10.4 Å². The molecule has 3 aromatic rings. The minimum absolute atomic E-state index is 1.08. The van der Waals surface area contributed by atoms with E-state index in [1.165, 1.54) is 20.9 Å². The van der Waals surface area contributed by atoms with Gasteiger partial charge in [-0.15, -0.1) is 11.3 Å². The maximum Gasteiger partial charge on any atom is 0.155 e. The Labute approximate surface area is 121 Å². The van der Waals surface area contributed by atoms with Gasteiger partial charge in [-0.25, -0.2) is 4.98 Å². The molecule has 0 aliphatic rings. The lowest BCUT2D eigenvalue weighted by molar-refractivity contribution is 1.25. The molecular formula is C16H13NS2. The van der Waals surface area contributed by atoms with Crippen molar-refractivity contribution in [1.82, 2.24) is 4.98 Å². The smallest absolute Gasteiger partial charge is 0.155 e. The van der Waals surface area contributed by atoms with Crippen molar-refractivity contribution in [3.05, 3.63) is 66.4 Å². The van der Waals surface area contributed by atoms with Crippen LogP contribution < -0.4 is 0 Å². The van der Waals surface area contributed by atoms with Gasteiger partial charge in [0.15, 0.2) is 4.34 Å². The Kier molecular flexibility index (Phi) is 3.67. The van der Waals surface area contributed by atoms with Crippen LogP contribution in [0.25, 0.3) is 10.4 Å². The summed E-state index contributed by atoms with van der Waals surface area (Å²) in [6.45, 7) is 2.10. The molecule has 0 saturated carbocycles. The maximum absolute atomic E-state index is 4.49. The lowest BCUT2D eigenvalue weighted by atomic mass is 10.1. The molecule has 0 unspecified atom stereocenters. The molecule has 2 aromatic carbocycles. The van der Waals surface area contributed by atoms with Crippen LogP contribution in [0.5, 0.6) is 0 Å². The molecule has 0 atom stereocenters. The average molecular weight is 283 g/mol. The van der Waals surface area contributed by atoms with E-state index in [1.807, 2.05) is 12.3 Å². The number of nitrogens with zero attached hydrogens (tertiary/aromatic N) is 1. The monoisotopic (exact) mass is 283 g/mol. The van der Waals surface area contributed by atoms with Crippen molar-refractivity contribution in [2.24, 2.45) is 0 Å². The highest BCUT2D eigenvalue weighted by Gasteiger charge is 2.05. The van der Waals surface area contributed by atoms with E-state index < -0.39 is 0 Å². The van der Waals surface area contributed by atoms with Gasteiger partial charge in [-0.2, -0.15) is 0 Å². The highest BCUT2D eigenvalue weighted by molar-refractivity contribution is 8.01. The summed E-state index contributed by atoms with van der Waals surface area (Å²) in [6, 6.07) is 18.9. The molecule has 0 amide bonds. The Morgan fingerprint density at radius 2 is 1.68 bits per heavy atom. The largest absolute Gasteiger partial charge is 0.237 e. The van der Waals surface area contributed by atoms with E-state index in [4.69, 9.17) is 0 Å². The van der Waals surface area contributed by atoms with Crippen molar-refractivity contribution in [2.75, 3.05) is 0 Å². The summed E-state index contributed by atoms with van der Waals surface area (Å²) in [5, 5.41) is 0. The second-order valence-corrected chi connectivity index (χ2v) is 6.62. The van der Waals surface area contributed by atoms with Crippen LogP contribution in [-0.4, -0.2) is 4.98 Å². The molecule has 0 aliphatic heterocycles. The lowest BCUT2D eigenvalue weighted by Gasteiger charge is -1.97. The number of thiazole rings is 1. The molecule has 0 spiro atoms. The minimum Gasteiger partial charge on any atom is -0.237 e. The third kappa shape index (κ3) is 3.06. The van der Waals surface area contributed by atoms with Crippen molar-refractivity contribution < 1.29 is 0 Å². The van der Waals surface area contributed by atoms with Gasteiger partial charge in [0.05, 0.1) is 4.88 Å². The summed E-state index contributed by atoms with van der Waals surface area (Å²) in [6.07, 6.45) is 1.96. The SMILES string of the molecule is Cc1ccc(-c2cnc(Sc3ccccc3)s2)cc1. The molecule has 1 aromatic heterocycles. The topological polar surface area (TPSA) is 12.9 Å². The third-order valence-electron chi connectivity index (χ3n) is 2.77. The predicted octanol–water partition coefficient (Wildman–Crippen LogP) is 5.27. The fourth-order valence-corrected chi connectivity index (χ4v) is 3.72. The van der Waals surface area contributed by atoms with Crippen molar-refractivity contribution in [2.45, 2.75) is 16.2 Å². The highest BCUT2D eigenvalue weighted by atomic mass is 32.2. The van der Waals surface area contributed by atoms with Crippen LogP contribution in [0.3, 0.4) is 0 Å². The van der Waals surface area contributed by atoms with E-state index in [1.54, 1.807) is 23.1 Å². The molecule has 0 fully saturated rings. The van der Waals surface area contributed by atoms with Crippen LogP contribution in [0.4, 0.5) is 0 Å². The number of benzene rings is 2. The molecule has 3 rings (SSSR count). The number of aromatic nitrogens is 1. The number of aryl methyl sites for hydroxylation is 1. The molecule has 3 heteroatoms. The fourth-order valence-electron chi connectivity index (χ4n) is 1.75. The maximum atomic E-state index is 4.49. The van der Waals surface area contributed by atoms with Crippen LogP contribution in [0.15, 0.2) is 70.0 Å². The van der Waals surface area contributed by atoms with Gasteiger partial charge in [0.25, 0.3) is 0 Å². The van der Waals surface area contributed by atoms with Crippen molar-refractivity contribution in [3.63, 3.8) is 0 Å². The molecule has 0 N–H and O–H groups in total. The lowest BCUT2D eigenvalue weighted by Crippen LogP contribution is -1.73.